The van der Waals surface area contributed by atoms with Crippen molar-refractivity contribution in [2.45, 2.75) is 45.4 Å². The summed E-state index contributed by atoms with van der Waals surface area (Å²) in [4.78, 5) is 0.152. The summed E-state index contributed by atoms with van der Waals surface area (Å²) in [5, 5.41) is 3.68. The number of aromatic nitrogens is 1. The van der Waals surface area contributed by atoms with Crippen LogP contribution in [0.15, 0.2) is 27.6 Å². The summed E-state index contributed by atoms with van der Waals surface area (Å²) in [6.07, 6.45) is 1.59. The molecule has 0 spiro atoms. The minimum absolute atomic E-state index is 0.152. The van der Waals surface area contributed by atoms with Crippen molar-refractivity contribution in [1.82, 2.24) is 9.88 Å². The molecule has 1 N–H and O–H groups in total. The number of benzene rings is 1. The SMILES string of the molecule is Cc1ccc(CCCNS(=O)(=O)c2c(C)noc2C)c(C)c1. The third kappa shape index (κ3) is 3.75. The van der Waals surface area contributed by atoms with Gasteiger partial charge in [0, 0.05) is 6.54 Å². The lowest BCUT2D eigenvalue weighted by molar-refractivity contribution is 0.390. The highest BCUT2D eigenvalue weighted by Gasteiger charge is 2.23. The van der Waals surface area contributed by atoms with E-state index >= 15 is 0 Å². The third-order valence-electron chi connectivity index (χ3n) is 3.65. The smallest absolute Gasteiger partial charge is 0.245 e. The maximum atomic E-state index is 12.2. The van der Waals surface area contributed by atoms with E-state index in [0.29, 0.717) is 18.0 Å². The van der Waals surface area contributed by atoms with Crippen LogP contribution in [0, 0.1) is 27.7 Å². The summed E-state index contributed by atoms with van der Waals surface area (Å²) < 4.78 is 32.0. The van der Waals surface area contributed by atoms with Gasteiger partial charge in [-0.05, 0) is 51.7 Å². The van der Waals surface area contributed by atoms with Crippen molar-refractivity contribution in [1.29, 1.82) is 0 Å². The molecule has 0 aliphatic heterocycles. The Morgan fingerprint density at radius 1 is 1.18 bits per heavy atom. The molecule has 0 radical (unpaired) electrons. The summed E-state index contributed by atoms with van der Waals surface area (Å²) in [5.74, 6) is 0.319. The van der Waals surface area contributed by atoms with E-state index in [9.17, 15) is 8.42 Å². The van der Waals surface area contributed by atoms with Crippen LogP contribution in [-0.2, 0) is 16.4 Å². The zero-order valence-electron chi connectivity index (χ0n) is 13.4. The zero-order valence-corrected chi connectivity index (χ0v) is 14.3. The molecule has 0 saturated carbocycles. The Kier molecular flexibility index (Phi) is 5.03. The molecule has 1 aromatic carbocycles. The van der Waals surface area contributed by atoms with Crippen molar-refractivity contribution in [2.75, 3.05) is 6.54 Å². The standard InChI is InChI=1S/C16H22N2O3S/c1-11-7-8-15(12(2)10-11)6-5-9-17-22(19,20)16-13(3)18-21-14(16)4/h7-8,10,17H,5-6,9H2,1-4H3. The number of nitrogens with zero attached hydrogens (tertiary/aromatic N) is 1. The van der Waals surface area contributed by atoms with Crippen LogP contribution in [0.1, 0.15) is 34.6 Å². The predicted molar refractivity (Wildman–Crippen MR) is 85.4 cm³/mol. The fraction of sp³-hybridized carbons (Fsp3) is 0.438. The number of nitrogens with one attached hydrogen (secondary N) is 1. The first kappa shape index (κ1) is 16.7. The van der Waals surface area contributed by atoms with E-state index in [1.165, 1.54) is 16.7 Å². The molecule has 0 amide bonds. The Balaban J connectivity index is 1.94. The molecule has 2 rings (SSSR count). The Morgan fingerprint density at radius 2 is 1.91 bits per heavy atom. The molecular formula is C16H22N2O3S. The largest absolute Gasteiger partial charge is 0.360 e. The second kappa shape index (κ2) is 6.62. The second-order valence-corrected chi connectivity index (χ2v) is 7.29. The molecule has 120 valence electrons. The monoisotopic (exact) mass is 322 g/mol. The Bertz CT molecular complexity index is 744. The third-order valence-corrected chi connectivity index (χ3v) is 5.35. The minimum Gasteiger partial charge on any atom is -0.360 e. The topological polar surface area (TPSA) is 72.2 Å². The number of rotatable bonds is 6. The van der Waals surface area contributed by atoms with Crippen LogP contribution in [0.4, 0.5) is 0 Å². The van der Waals surface area contributed by atoms with E-state index < -0.39 is 10.0 Å². The maximum absolute atomic E-state index is 12.2. The fourth-order valence-electron chi connectivity index (χ4n) is 2.54. The molecule has 6 heteroatoms. The average Bonchev–Trinajstić information content (AvgIpc) is 2.77. The van der Waals surface area contributed by atoms with Crippen molar-refractivity contribution in [3.8, 4) is 0 Å². The first-order chi connectivity index (χ1) is 10.3. The number of sulfonamides is 1. The molecular weight excluding hydrogens is 300 g/mol. The van der Waals surface area contributed by atoms with E-state index in [0.717, 1.165) is 12.8 Å². The van der Waals surface area contributed by atoms with Gasteiger partial charge >= 0.3 is 0 Å². The molecule has 0 saturated heterocycles. The summed E-state index contributed by atoms with van der Waals surface area (Å²) in [6, 6.07) is 6.33. The Labute approximate surface area is 131 Å². The van der Waals surface area contributed by atoms with Gasteiger partial charge in [-0.1, -0.05) is 28.9 Å². The van der Waals surface area contributed by atoms with Gasteiger partial charge < -0.3 is 4.52 Å². The summed E-state index contributed by atoms with van der Waals surface area (Å²) in [5.41, 5.74) is 4.12. The molecule has 1 aromatic heterocycles. The Hall–Kier alpha value is -1.66. The van der Waals surface area contributed by atoms with Crippen molar-refractivity contribution >= 4 is 10.0 Å². The van der Waals surface area contributed by atoms with Gasteiger partial charge in [0.25, 0.3) is 0 Å². The fourth-order valence-corrected chi connectivity index (χ4v) is 3.94. The van der Waals surface area contributed by atoms with Crippen LogP contribution in [0.25, 0.3) is 0 Å². The maximum Gasteiger partial charge on any atom is 0.245 e. The predicted octanol–water partition coefficient (Wildman–Crippen LogP) is 2.82. The van der Waals surface area contributed by atoms with Crippen LogP contribution in [-0.4, -0.2) is 20.1 Å². The normalized spacial score (nSPS) is 11.8. The number of aryl methyl sites for hydroxylation is 5. The molecule has 0 atom stereocenters. The van der Waals surface area contributed by atoms with Gasteiger partial charge in [-0.3, -0.25) is 0 Å². The van der Waals surface area contributed by atoms with E-state index in [1.807, 2.05) is 0 Å². The van der Waals surface area contributed by atoms with Gasteiger partial charge in [-0.2, -0.15) is 0 Å². The highest BCUT2D eigenvalue weighted by atomic mass is 32.2. The minimum atomic E-state index is -3.56. The van der Waals surface area contributed by atoms with Gasteiger partial charge in [0.1, 0.15) is 10.6 Å². The van der Waals surface area contributed by atoms with Gasteiger partial charge in [0.15, 0.2) is 5.76 Å². The van der Waals surface area contributed by atoms with Crippen molar-refractivity contribution in [3.05, 3.63) is 46.3 Å². The molecule has 2 aromatic rings. The molecule has 0 bridgehead atoms. The zero-order chi connectivity index (χ0) is 16.3. The van der Waals surface area contributed by atoms with Crippen LogP contribution >= 0.6 is 0 Å². The molecule has 0 unspecified atom stereocenters. The molecule has 0 fully saturated rings. The van der Waals surface area contributed by atoms with Crippen LogP contribution in [0.5, 0.6) is 0 Å². The van der Waals surface area contributed by atoms with Crippen molar-refractivity contribution < 1.29 is 12.9 Å². The van der Waals surface area contributed by atoms with Crippen LogP contribution in [0.3, 0.4) is 0 Å². The summed E-state index contributed by atoms with van der Waals surface area (Å²) >= 11 is 0. The van der Waals surface area contributed by atoms with Gasteiger partial charge in [-0.15, -0.1) is 0 Å². The first-order valence-corrected chi connectivity index (χ1v) is 8.78. The van der Waals surface area contributed by atoms with Gasteiger partial charge in [0.2, 0.25) is 10.0 Å². The van der Waals surface area contributed by atoms with Crippen molar-refractivity contribution in [2.24, 2.45) is 0 Å². The van der Waals surface area contributed by atoms with Gasteiger partial charge in [-0.25, -0.2) is 13.1 Å². The van der Waals surface area contributed by atoms with Gasteiger partial charge in [0.05, 0.1) is 0 Å². The molecule has 5 nitrogen and oxygen atoms in total. The summed E-state index contributed by atoms with van der Waals surface area (Å²) in [6.45, 7) is 7.76. The Morgan fingerprint density at radius 3 is 2.50 bits per heavy atom. The lowest BCUT2D eigenvalue weighted by Crippen LogP contribution is -2.26. The van der Waals surface area contributed by atoms with Crippen LogP contribution in [0.2, 0.25) is 0 Å². The lowest BCUT2D eigenvalue weighted by atomic mass is 10.0. The number of hydrogen-bond donors (Lipinski definition) is 1. The first-order valence-electron chi connectivity index (χ1n) is 7.30. The van der Waals surface area contributed by atoms with E-state index in [4.69, 9.17) is 4.52 Å². The quantitative estimate of drug-likeness (QED) is 0.830. The molecule has 22 heavy (non-hydrogen) atoms. The number of hydrogen-bond acceptors (Lipinski definition) is 4. The summed E-state index contributed by atoms with van der Waals surface area (Å²) in [7, 11) is -3.56. The van der Waals surface area contributed by atoms with E-state index in [2.05, 4.69) is 41.9 Å². The molecule has 0 aliphatic carbocycles. The van der Waals surface area contributed by atoms with E-state index in [-0.39, 0.29) is 4.90 Å². The van der Waals surface area contributed by atoms with Crippen LogP contribution < -0.4 is 4.72 Å². The highest BCUT2D eigenvalue weighted by molar-refractivity contribution is 7.89. The molecule has 0 aliphatic rings. The average molecular weight is 322 g/mol. The second-order valence-electron chi connectivity index (χ2n) is 5.58. The van der Waals surface area contributed by atoms with Crippen molar-refractivity contribution in [3.63, 3.8) is 0 Å². The highest BCUT2D eigenvalue weighted by Crippen LogP contribution is 2.18. The van der Waals surface area contributed by atoms with E-state index in [1.54, 1.807) is 13.8 Å². The lowest BCUT2D eigenvalue weighted by Gasteiger charge is -2.08. The molecule has 1 heterocycles.